The Morgan fingerprint density at radius 1 is 1.19 bits per heavy atom. The molecule has 0 N–H and O–H groups in total. The Bertz CT molecular complexity index is 518. The fraction of sp³-hybridized carbons (Fsp3) is 0.600. The van der Waals surface area contributed by atoms with Gasteiger partial charge in [0.15, 0.2) is 0 Å². The monoisotopic (exact) mass is 318 g/mol. The van der Waals surface area contributed by atoms with Crippen LogP contribution < -0.4 is 4.90 Å². The summed E-state index contributed by atoms with van der Waals surface area (Å²) in [6.07, 6.45) is -2.02. The normalized spacial score (nSPS) is 23.4. The summed E-state index contributed by atoms with van der Waals surface area (Å²) in [5, 5.41) is 0. The summed E-state index contributed by atoms with van der Waals surface area (Å²) in [5.41, 5.74) is 0.194. The molecule has 2 nitrogen and oxygen atoms in total. The second-order valence-electron chi connectivity index (χ2n) is 5.75. The Morgan fingerprint density at radius 3 is 2.71 bits per heavy atom. The number of nitrogens with zero attached hydrogens (tertiary/aromatic N) is 2. The maximum Gasteiger partial charge on any atom is 0.416 e. The lowest BCUT2D eigenvalue weighted by Gasteiger charge is -2.39. The van der Waals surface area contributed by atoms with Crippen LogP contribution in [0.3, 0.4) is 0 Å². The molecule has 21 heavy (non-hydrogen) atoms. The average molecular weight is 319 g/mol. The van der Waals surface area contributed by atoms with Gasteiger partial charge in [0.2, 0.25) is 0 Å². The average Bonchev–Trinajstić information content (AvgIpc) is 2.93. The molecule has 1 aromatic carbocycles. The second kappa shape index (κ2) is 5.69. The van der Waals surface area contributed by atoms with Gasteiger partial charge in [-0.05, 0) is 37.1 Å². The molecular formula is C15H18ClF3N2. The molecule has 2 fully saturated rings. The number of benzene rings is 1. The molecule has 1 atom stereocenters. The largest absolute Gasteiger partial charge is 0.416 e. The van der Waals surface area contributed by atoms with Crippen LogP contribution in [0.25, 0.3) is 0 Å². The highest BCUT2D eigenvalue weighted by atomic mass is 35.5. The smallest absolute Gasteiger partial charge is 0.369 e. The van der Waals surface area contributed by atoms with Gasteiger partial charge in [-0.3, -0.25) is 4.90 Å². The van der Waals surface area contributed by atoms with E-state index in [4.69, 9.17) is 11.6 Å². The van der Waals surface area contributed by atoms with Crippen molar-refractivity contribution in [2.75, 3.05) is 31.1 Å². The first-order valence-electron chi connectivity index (χ1n) is 7.24. The molecule has 6 heteroatoms. The summed E-state index contributed by atoms with van der Waals surface area (Å²) in [5.74, 6) is -0.120. The van der Waals surface area contributed by atoms with Crippen molar-refractivity contribution in [2.24, 2.45) is 0 Å². The van der Waals surface area contributed by atoms with Crippen LogP contribution in [0.1, 0.15) is 24.0 Å². The molecule has 0 aliphatic carbocycles. The lowest BCUT2D eigenvalue weighted by atomic mass is 10.1. The highest BCUT2D eigenvalue weighted by Gasteiger charge is 2.35. The molecule has 2 aliphatic heterocycles. The minimum absolute atomic E-state index is 0.120. The van der Waals surface area contributed by atoms with Crippen molar-refractivity contribution in [2.45, 2.75) is 30.9 Å². The van der Waals surface area contributed by atoms with Gasteiger partial charge in [-0.25, -0.2) is 0 Å². The summed E-state index contributed by atoms with van der Waals surface area (Å²) in [6, 6.07) is 5.01. The van der Waals surface area contributed by atoms with Crippen LogP contribution in [0.5, 0.6) is 0 Å². The van der Waals surface area contributed by atoms with Crippen molar-refractivity contribution < 1.29 is 13.2 Å². The van der Waals surface area contributed by atoms with Crippen molar-refractivity contribution in [3.05, 3.63) is 29.3 Å². The summed E-state index contributed by atoms with van der Waals surface area (Å²) in [7, 11) is 0. The third kappa shape index (κ3) is 2.99. The van der Waals surface area contributed by atoms with Crippen molar-refractivity contribution in [1.29, 1.82) is 0 Å². The van der Waals surface area contributed by atoms with Crippen LogP contribution in [0.4, 0.5) is 18.9 Å². The molecule has 0 amide bonds. The maximum absolute atomic E-state index is 13.1. The summed E-state index contributed by atoms with van der Waals surface area (Å²) >= 11 is 5.63. The minimum Gasteiger partial charge on any atom is -0.369 e. The first-order chi connectivity index (χ1) is 9.99. The topological polar surface area (TPSA) is 6.48 Å². The van der Waals surface area contributed by atoms with Gasteiger partial charge < -0.3 is 4.90 Å². The number of alkyl halides is 4. The Hall–Kier alpha value is -0.940. The zero-order valence-corrected chi connectivity index (χ0v) is 12.4. The van der Waals surface area contributed by atoms with Crippen LogP contribution in [-0.2, 0) is 12.1 Å². The molecule has 2 saturated heterocycles. The Balaban J connectivity index is 1.85. The lowest BCUT2D eigenvalue weighted by Crippen LogP contribution is -2.50. The summed E-state index contributed by atoms with van der Waals surface area (Å²) in [6.45, 7) is 3.66. The molecule has 0 saturated carbocycles. The van der Waals surface area contributed by atoms with Crippen molar-refractivity contribution >= 4 is 17.3 Å². The maximum atomic E-state index is 13.1. The van der Waals surface area contributed by atoms with Crippen LogP contribution in [0.2, 0.25) is 0 Å². The first-order valence-corrected chi connectivity index (χ1v) is 7.77. The molecule has 1 aromatic rings. The lowest BCUT2D eigenvalue weighted by molar-refractivity contribution is -0.138. The van der Waals surface area contributed by atoms with Crippen molar-refractivity contribution in [3.8, 4) is 0 Å². The van der Waals surface area contributed by atoms with E-state index in [0.717, 1.165) is 32.6 Å². The van der Waals surface area contributed by atoms with E-state index in [-0.39, 0.29) is 11.4 Å². The predicted octanol–water partition coefficient (Wildman–Crippen LogP) is 3.73. The number of rotatable bonds is 2. The van der Waals surface area contributed by atoms with Gasteiger partial charge in [-0.1, -0.05) is 6.07 Å². The Morgan fingerprint density at radius 2 is 2.00 bits per heavy atom. The van der Waals surface area contributed by atoms with Gasteiger partial charge >= 0.3 is 6.18 Å². The first kappa shape index (κ1) is 15.0. The molecule has 2 heterocycles. The van der Waals surface area contributed by atoms with E-state index in [1.54, 1.807) is 6.07 Å². The quantitative estimate of drug-likeness (QED) is 0.767. The fourth-order valence-electron chi connectivity index (χ4n) is 3.37. The number of anilines is 1. The van der Waals surface area contributed by atoms with Crippen molar-refractivity contribution in [1.82, 2.24) is 4.90 Å². The molecule has 3 rings (SSSR count). The molecule has 0 aromatic heterocycles. The van der Waals surface area contributed by atoms with E-state index in [2.05, 4.69) is 9.80 Å². The van der Waals surface area contributed by atoms with Gasteiger partial charge in [0.25, 0.3) is 0 Å². The zero-order valence-electron chi connectivity index (χ0n) is 11.7. The van der Waals surface area contributed by atoms with Crippen molar-refractivity contribution in [3.63, 3.8) is 0 Å². The summed E-state index contributed by atoms with van der Waals surface area (Å²) < 4.78 is 39.3. The van der Waals surface area contributed by atoms with E-state index >= 15 is 0 Å². The zero-order chi connectivity index (χ0) is 15.0. The van der Waals surface area contributed by atoms with E-state index in [1.807, 2.05) is 0 Å². The van der Waals surface area contributed by atoms with E-state index in [0.29, 0.717) is 11.7 Å². The highest BCUT2D eigenvalue weighted by molar-refractivity contribution is 6.17. The Labute approximate surface area is 127 Å². The number of hydrogen-bond acceptors (Lipinski definition) is 2. The Kier molecular flexibility index (Phi) is 4.06. The van der Waals surface area contributed by atoms with Gasteiger partial charge in [0.1, 0.15) is 0 Å². The molecule has 0 spiro atoms. The third-order valence-corrected chi connectivity index (χ3v) is 4.78. The molecule has 2 aliphatic rings. The summed E-state index contributed by atoms with van der Waals surface area (Å²) in [4.78, 5) is 4.51. The molecular weight excluding hydrogens is 301 g/mol. The SMILES string of the molecule is FC(F)(F)c1cc(N2CCN3CCCC3C2)ccc1CCl. The van der Waals surface area contributed by atoms with Crippen LogP contribution in [0.15, 0.2) is 18.2 Å². The predicted molar refractivity (Wildman–Crippen MR) is 77.8 cm³/mol. The standard InChI is InChI=1S/C15H18ClF3N2/c16-9-11-3-4-12(8-14(11)15(17,18)19)21-7-6-20-5-1-2-13(20)10-21/h3-4,8,13H,1-2,5-7,9-10H2. The number of fused-ring (bicyclic) bond motifs is 1. The van der Waals surface area contributed by atoms with E-state index in [1.165, 1.54) is 18.6 Å². The van der Waals surface area contributed by atoms with Gasteiger partial charge in [-0.2, -0.15) is 13.2 Å². The van der Waals surface area contributed by atoms with Gasteiger partial charge in [-0.15, -0.1) is 11.6 Å². The van der Waals surface area contributed by atoms with Crippen LogP contribution in [-0.4, -0.2) is 37.1 Å². The molecule has 1 unspecified atom stereocenters. The molecule has 0 radical (unpaired) electrons. The van der Waals surface area contributed by atoms with E-state index in [9.17, 15) is 13.2 Å². The van der Waals surface area contributed by atoms with E-state index < -0.39 is 11.7 Å². The fourth-order valence-corrected chi connectivity index (χ4v) is 3.60. The third-order valence-electron chi connectivity index (χ3n) is 4.50. The van der Waals surface area contributed by atoms with Gasteiger partial charge in [0.05, 0.1) is 5.56 Å². The second-order valence-corrected chi connectivity index (χ2v) is 6.02. The molecule has 0 bridgehead atoms. The van der Waals surface area contributed by atoms with Crippen LogP contribution >= 0.6 is 11.6 Å². The minimum atomic E-state index is -4.35. The number of piperazine rings is 1. The number of halogens is 4. The van der Waals surface area contributed by atoms with Gasteiger partial charge in [0, 0.05) is 37.2 Å². The molecule has 116 valence electrons. The number of hydrogen-bond donors (Lipinski definition) is 0. The highest BCUT2D eigenvalue weighted by Crippen LogP contribution is 2.36. The van der Waals surface area contributed by atoms with Crippen LogP contribution in [0, 0.1) is 0 Å².